The largest absolute Gasteiger partial charge is 0.357 e. The molecule has 2 aliphatic heterocycles. The molecule has 5 heteroatoms. The minimum absolute atomic E-state index is 0.0342. The second-order valence-corrected chi connectivity index (χ2v) is 6.67. The van der Waals surface area contributed by atoms with E-state index in [2.05, 4.69) is 27.9 Å². The van der Waals surface area contributed by atoms with Crippen LogP contribution in [0.25, 0.3) is 0 Å². The van der Waals surface area contributed by atoms with E-state index in [0.29, 0.717) is 5.69 Å². The van der Waals surface area contributed by atoms with Crippen molar-refractivity contribution in [2.75, 3.05) is 22.9 Å². The normalized spacial score (nSPS) is 20.1. The first-order chi connectivity index (χ1) is 11.7. The SMILES string of the molecule is CC1Cc2ccccc2N1C(=O)c1cc(N2CCCCC2)ncn1. The molecule has 24 heavy (non-hydrogen) atoms. The molecule has 1 atom stereocenters. The molecule has 5 nitrogen and oxygen atoms in total. The van der Waals surface area contributed by atoms with Crippen LogP contribution in [0, 0.1) is 0 Å². The average molecular weight is 322 g/mol. The van der Waals surface area contributed by atoms with Crippen LogP contribution in [0.5, 0.6) is 0 Å². The summed E-state index contributed by atoms with van der Waals surface area (Å²) in [4.78, 5) is 25.8. The summed E-state index contributed by atoms with van der Waals surface area (Å²) in [5, 5.41) is 0. The molecule has 0 radical (unpaired) electrons. The van der Waals surface area contributed by atoms with E-state index >= 15 is 0 Å². The smallest absolute Gasteiger partial charge is 0.277 e. The second kappa shape index (κ2) is 6.23. The lowest BCUT2D eigenvalue weighted by Gasteiger charge is -2.28. The maximum Gasteiger partial charge on any atom is 0.277 e. The molecule has 1 fully saturated rings. The summed E-state index contributed by atoms with van der Waals surface area (Å²) in [7, 11) is 0. The van der Waals surface area contributed by atoms with Crippen molar-refractivity contribution in [1.29, 1.82) is 0 Å². The highest BCUT2D eigenvalue weighted by molar-refractivity contribution is 6.06. The van der Waals surface area contributed by atoms with E-state index < -0.39 is 0 Å². The summed E-state index contributed by atoms with van der Waals surface area (Å²) in [6.07, 6.45) is 6.05. The van der Waals surface area contributed by atoms with Gasteiger partial charge in [0.1, 0.15) is 17.8 Å². The molecule has 0 spiro atoms. The third-order valence-corrected chi connectivity index (χ3v) is 4.98. The van der Waals surface area contributed by atoms with Crippen LogP contribution in [0.4, 0.5) is 11.5 Å². The number of benzene rings is 1. The molecule has 0 saturated carbocycles. The number of aromatic nitrogens is 2. The van der Waals surface area contributed by atoms with Crippen LogP contribution in [0.3, 0.4) is 0 Å². The highest BCUT2D eigenvalue weighted by atomic mass is 16.2. The Labute approximate surface area is 142 Å². The topological polar surface area (TPSA) is 49.3 Å². The Morgan fingerprint density at radius 2 is 1.92 bits per heavy atom. The number of para-hydroxylation sites is 1. The Morgan fingerprint density at radius 3 is 2.75 bits per heavy atom. The van der Waals surface area contributed by atoms with Crippen molar-refractivity contribution in [2.45, 2.75) is 38.6 Å². The van der Waals surface area contributed by atoms with Gasteiger partial charge in [-0.15, -0.1) is 0 Å². The van der Waals surface area contributed by atoms with Crippen molar-refractivity contribution in [3.05, 3.63) is 47.9 Å². The first-order valence-corrected chi connectivity index (χ1v) is 8.72. The van der Waals surface area contributed by atoms with Gasteiger partial charge < -0.3 is 9.80 Å². The van der Waals surface area contributed by atoms with E-state index in [-0.39, 0.29) is 11.9 Å². The number of rotatable bonds is 2. The number of carbonyl (C=O) groups excluding carboxylic acids is 1. The fourth-order valence-electron chi connectivity index (χ4n) is 3.76. The van der Waals surface area contributed by atoms with Crippen LogP contribution in [-0.4, -0.2) is 35.0 Å². The van der Waals surface area contributed by atoms with Gasteiger partial charge in [0.15, 0.2) is 0 Å². The number of piperidine rings is 1. The molecule has 3 heterocycles. The van der Waals surface area contributed by atoms with E-state index in [0.717, 1.165) is 31.0 Å². The van der Waals surface area contributed by atoms with Crippen molar-refractivity contribution < 1.29 is 4.79 Å². The zero-order chi connectivity index (χ0) is 16.5. The average Bonchev–Trinajstić information content (AvgIpc) is 2.97. The molecule has 0 aliphatic carbocycles. The molecule has 1 amide bonds. The van der Waals surface area contributed by atoms with Gasteiger partial charge in [0.05, 0.1) is 0 Å². The summed E-state index contributed by atoms with van der Waals surface area (Å²) in [6, 6.07) is 10.1. The molecule has 2 aromatic rings. The van der Waals surface area contributed by atoms with E-state index in [1.165, 1.54) is 31.2 Å². The molecule has 0 bridgehead atoms. The quantitative estimate of drug-likeness (QED) is 0.852. The number of amides is 1. The highest BCUT2D eigenvalue weighted by Crippen LogP contribution is 2.33. The number of hydrogen-bond acceptors (Lipinski definition) is 4. The zero-order valence-corrected chi connectivity index (χ0v) is 14.0. The number of nitrogens with zero attached hydrogens (tertiary/aromatic N) is 4. The standard InChI is InChI=1S/C19H22N4O/c1-14-11-15-7-3-4-8-17(15)23(14)19(24)16-12-18(21-13-20-16)22-9-5-2-6-10-22/h3-4,7-8,12-14H,2,5-6,9-11H2,1H3. The van der Waals surface area contributed by atoms with Gasteiger partial charge >= 0.3 is 0 Å². The number of carbonyl (C=O) groups is 1. The number of fused-ring (bicyclic) bond motifs is 1. The second-order valence-electron chi connectivity index (χ2n) is 6.67. The fourth-order valence-corrected chi connectivity index (χ4v) is 3.76. The van der Waals surface area contributed by atoms with E-state index in [4.69, 9.17) is 0 Å². The highest BCUT2D eigenvalue weighted by Gasteiger charge is 2.32. The lowest BCUT2D eigenvalue weighted by atomic mass is 10.1. The van der Waals surface area contributed by atoms with Crippen LogP contribution < -0.4 is 9.80 Å². The van der Waals surface area contributed by atoms with E-state index in [1.54, 1.807) is 0 Å². The summed E-state index contributed by atoms with van der Waals surface area (Å²) in [5.41, 5.74) is 2.71. The van der Waals surface area contributed by atoms with E-state index in [9.17, 15) is 4.79 Å². The Kier molecular flexibility index (Phi) is 3.92. The summed E-state index contributed by atoms with van der Waals surface area (Å²) in [6.45, 7) is 4.10. The van der Waals surface area contributed by atoms with Crippen LogP contribution >= 0.6 is 0 Å². The summed E-state index contributed by atoms with van der Waals surface area (Å²) < 4.78 is 0. The Bertz CT molecular complexity index is 755. The predicted octanol–water partition coefficient (Wildman–Crippen LogP) is 3.06. The first kappa shape index (κ1) is 15.1. The summed E-state index contributed by atoms with van der Waals surface area (Å²) >= 11 is 0. The minimum Gasteiger partial charge on any atom is -0.357 e. The first-order valence-electron chi connectivity index (χ1n) is 8.72. The van der Waals surface area contributed by atoms with Crippen molar-refractivity contribution in [2.24, 2.45) is 0 Å². The predicted molar refractivity (Wildman–Crippen MR) is 94.5 cm³/mol. The lowest BCUT2D eigenvalue weighted by molar-refractivity contribution is 0.0976. The van der Waals surface area contributed by atoms with Crippen molar-refractivity contribution >= 4 is 17.4 Å². The van der Waals surface area contributed by atoms with Gasteiger partial charge in [-0.2, -0.15) is 0 Å². The molecular formula is C19H22N4O. The minimum atomic E-state index is -0.0342. The van der Waals surface area contributed by atoms with Gasteiger partial charge in [-0.05, 0) is 44.2 Å². The van der Waals surface area contributed by atoms with Crippen LogP contribution in [0.2, 0.25) is 0 Å². The molecule has 1 saturated heterocycles. The molecule has 2 aliphatic rings. The third kappa shape index (κ3) is 2.64. The molecule has 1 aromatic heterocycles. The number of hydrogen-bond donors (Lipinski definition) is 0. The van der Waals surface area contributed by atoms with Gasteiger partial charge in [-0.3, -0.25) is 4.79 Å². The van der Waals surface area contributed by atoms with Crippen molar-refractivity contribution in [3.8, 4) is 0 Å². The molecule has 0 N–H and O–H groups in total. The molecular weight excluding hydrogens is 300 g/mol. The third-order valence-electron chi connectivity index (χ3n) is 4.98. The van der Waals surface area contributed by atoms with Crippen molar-refractivity contribution in [3.63, 3.8) is 0 Å². The Morgan fingerprint density at radius 1 is 1.12 bits per heavy atom. The molecule has 124 valence electrons. The zero-order valence-electron chi connectivity index (χ0n) is 14.0. The fraction of sp³-hybridized carbons (Fsp3) is 0.421. The van der Waals surface area contributed by atoms with Crippen molar-refractivity contribution in [1.82, 2.24) is 9.97 Å². The van der Waals surface area contributed by atoms with Crippen LogP contribution in [-0.2, 0) is 6.42 Å². The van der Waals surface area contributed by atoms with Crippen LogP contribution in [0.1, 0.15) is 42.2 Å². The monoisotopic (exact) mass is 322 g/mol. The van der Waals surface area contributed by atoms with Gasteiger partial charge in [-0.25, -0.2) is 9.97 Å². The summed E-state index contributed by atoms with van der Waals surface area (Å²) in [5.74, 6) is 0.835. The number of anilines is 2. The molecule has 1 unspecified atom stereocenters. The van der Waals surface area contributed by atoms with Gasteiger partial charge in [0.25, 0.3) is 5.91 Å². The Balaban J connectivity index is 1.63. The Hall–Kier alpha value is -2.43. The maximum atomic E-state index is 13.1. The molecule has 4 rings (SSSR count). The van der Waals surface area contributed by atoms with E-state index in [1.807, 2.05) is 29.2 Å². The van der Waals surface area contributed by atoms with Gasteiger partial charge in [0, 0.05) is 30.9 Å². The molecule has 1 aromatic carbocycles. The lowest BCUT2D eigenvalue weighted by Crippen LogP contribution is -2.36. The van der Waals surface area contributed by atoms with Gasteiger partial charge in [0.2, 0.25) is 0 Å². The maximum absolute atomic E-state index is 13.1. The van der Waals surface area contributed by atoms with Gasteiger partial charge in [-0.1, -0.05) is 18.2 Å². The van der Waals surface area contributed by atoms with Crippen LogP contribution in [0.15, 0.2) is 36.7 Å².